The van der Waals surface area contributed by atoms with E-state index < -0.39 is 0 Å². The van der Waals surface area contributed by atoms with Gasteiger partial charge >= 0.3 is 0 Å². The largest absolute Gasteiger partial charge is 0.252 e. The number of aryl methyl sites for hydroxylation is 2. The van der Waals surface area contributed by atoms with E-state index in [0.29, 0.717) is 0 Å². The second-order valence-electron chi connectivity index (χ2n) is 5.25. The van der Waals surface area contributed by atoms with Gasteiger partial charge < -0.3 is 0 Å². The molecule has 2 heterocycles. The summed E-state index contributed by atoms with van der Waals surface area (Å²) in [5.41, 5.74) is 8.57. The number of hydrazone groups is 1. The minimum Gasteiger partial charge on any atom is -0.252 e. The molecule has 3 rings (SSSR count). The fraction of sp³-hybridized carbons (Fsp3) is 0.176. The van der Waals surface area contributed by atoms with Gasteiger partial charge in [0.05, 0.1) is 20.6 Å². The molecule has 0 radical (unpaired) electrons. The quantitative estimate of drug-likeness (QED) is 0.367. The van der Waals surface area contributed by atoms with Gasteiger partial charge in [-0.05, 0) is 50.1 Å². The number of hydrogen-bond donors (Lipinski definition) is 1. The number of benzene rings is 1. The van der Waals surface area contributed by atoms with Crippen molar-refractivity contribution in [1.29, 1.82) is 0 Å². The predicted octanol–water partition coefficient (Wildman–Crippen LogP) is 6.56. The lowest BCUT2D eigenvalue weighted by Crippen LogP contribution is -1.97. The number of nitrogens with zero attached hydrogens (tertiary/aromatic N) is 2. The van der Waals surface area contributed by atoms with Crippen molar-refractivity contribution in [3.8, 4) is 11.3 Å². The van der Waals surface area contributed by atoms with Crippen LogP contribution in [-0.4, -0.2) is 10.7 Å². The van der Waals surface area contributed by atoms with Crippen LogP contribution in [0, 0.1) is 13.8 Å². The lowest BCUT2D eigenvalue weighted by Gasteiger charge is -2.02. The first-order valence-electron chi connectivity index (χ1n) is 7.12. The fourth-order valence-corrected chi connectivity index (χ4v) is 3.70. The summed E-state index contributed by atoms with van der Waals surface area (Å²) in [6.07, 6.45) is 0. The average Bonchev–Trinajstić information content (AvgIpc) is 3.17. The summed E-state index contributed by atoms with van der Waals surface area (Å²) in [6.45, 7) is 6.18. The van der Waals surface area contributed by atoms with Gasteiger partial charge in [0.2, 0.25) is 5.13 Å². The molecule has 1 N–H and O–H groups in total. The van der Waals surface area contributed by atoms with Crippen molar-refractivity contribution in [1.82, 2.24) is 4.98 Å². The van der Waals surface area contributed by atoms with Gasteiger partial charge in [0.1, 0.15) is 0 Å². The van der Waals surface area contributed by atoms with Crippen molar-refractivity contribution < 1.29 is 0 Å². The van der Waals surface area contributed by atoms with Crippen LogP contribution in [0.3, 0.4) is 0 Å². The van der Waals surface area contributed by atoms with Crippen molar-refractivity contribution >= 4 is 62.1 Å². The van der Waals surface area contributed by atoms with E-state index in [-0.39, 0.29) is 17.0 Å². The molecule has 3 nitrogen and oxygen atoms in total. The Hall–Kier alpha value is -1.21. The number of rotatable bonds is 4. The normalized spacial score (nSPS) is 11.2. The molecule has 0 aliphatic heterocycles. The molecular formula is C17H17BrClN3S2. The molecule has 0 spiro atoms. The summed E-state index contributed by atoms with van der Waals surface area (Å²) >= 11 is 9.01. The molecule has 0 bridgehead atoms. The topological polar surface area (TPSA) is 37.3 Å². The molecule has 2 aromatic heterocycles. The van der Waals surface area contributed by atoms with Gasteiger partial charge in [-0.2, -0.15) is 5.10 Å². The van der Waals surface area contributed by atoms with E-state index in [1.54, 1.807) is 11.3 Å². The maximum Gasteiger partial charge on any atom is 0.203 e. The van der Waals surface area contributed by atoms with Crippen LogP contribution in [0.25, 0.3) is 11.3 Å². The monoisotopic (exact) mass is 441 g/mol. The molecule has 0 unspecified atom stereocenters. The molecule has 0 saturated carbocycles. The number of anilines is 1. The van der Waals surface area contributed by atoms with Gasteiger partial charge in [-0.15, -0.1) is 39.7 Å². The SMILES string of the molecule is Br.CC(=NNc1nc(-c2ccc(C)c(C)c2)cs1)c1ccc(Cl)s1. The number of thiophene rings is 1. The van der Waals surface area contributed by atoms with Crippen LogP contribution in [0.5, 0.6) is 0 Å². The first kappa shape index (κ1) is 19.1. The molecule has 3 aromatic rings. The highest BCUT2D eigenvalue weighted by Crippen LogP contribution is 2.27. The van der Waals surface area contributed by atoms with Crippen LogP contribution < -0.4 is 5.43 Å². The Morgan fingerprint density at radius 1 is 1.17 bits per heavy atom. The predicted molar refractivity (Wildman–Crippen MR) is 113 cm³/mol. The highest BCUT2D eigenvalue weighted by Gasteiger charge is 2.06. The summed E-state index contributed by atoms with van der Waals surface area (Å²) in [5.74, 6) is 0. The second-order valence-corrected chi connectivity index (χ2v) is 7.82. The van der Waals surface area contributed by atoms with Gasteiger partial charge in [0.15, 0.2) is 0 Å². The van der Waals surface area contributed by atoms with Crippen LogP contribution >= 0.6 is 51.3 Å². The fourth-order valence-electron chi connectivity index (χ4n) is 2.05. The highest BCUT2D eigenvalue weighted by atomic mass is 79.9. The standard InChI is InChI=1S/C17H16ClN3S2.BrH/c1-10-4-5-13(8-11(10)2)14-9-22-17(19-14)21-20-12(3)15-6-7-16(18)23-15;/h4-9H,1-3H3,(H,19,21);1H. The van der Waals surface area contributed by atoms with Crippen molar-refractivity contribution in [3.63, 3.8) is 0 Å². The Morgan fingerprint density at radius 2 is 1.96 bits per heavy atom. The summed E-state index contributed by atoms with van der Waals surface area (Å²) < 4.78 is 0.765. The lowest BCUT2D eigenvalue weighted by atomic mass is 10.1. The number of aromatic nitrogens is 1. The van der Waals surface area contributed by atoms with Crippen molar-refractivity contribution in [2.45, 2.75) is 20.8 Å². The smallest absolute Gasteiger partial charge is 0.203 e. The van der Waals surface area contributed by atoms with Crippen LogP contribution in [0.15, 0.2) is 40.8 Å². The first-order valence-corrected chi connectivity index (χ1v) is 9.19. The number of thiazole rings is 1. The lowest BCUT2D eigenvalue weighted by molar-refractivity contribution is 1.27. The Kier molecular flexibility index (Phi) is 6.57. The van der Waals surface area contributed by atoms with Gasteiger partial charge in [-0.25, -0.2) is 4.98 Å². The number of nitrogens with one attached hydrogen (secondary N) is 1. The molecule has 0 amide bonds. The summed E-state index contributed by atoms with van der Waals surface area (Å²) in [4.78, 5) is 5.65. The summed E-state index contributed by atoms with van der Waals surface area (Å²) in [7, 11) is 0. The molecule has 0 aliphatic carbocycles. The molecule has 0 fully saturated rings. The van der Waals surface area contributed by atoms with Gasteiger partial charge in [0.25, 0.3) is 0 Å². The van der Waals surface area contributed by atoms with E-state index >= 15 is 0 Å². The summed E-state index contributed by atoms with van der Waals surface area (Å²) in [5, 5.41) is 7.20. The molecule has 7 heteroatoms. The maximum atomic E-state index is 5.95. The first-order chi connectivity index (χ1) is 11.0. The summed E-state index contributed by atoms with van der Waals surface area (Å²) in [6, 6.07) is 10.2. The van der Waals surface area contributed by atoms with Crippen molar-refractivity contribution in [2.24, 2.45) is 5.10 Å². The van der Waals surface area contributed by atoms with Gasteiger partial charge in [0, 0.05) is 10.9 Å². The maximum absolute atomic E-state index is 5.95. The average molecular weight is 443 g/mol. The molecule has 1 aromatic carbocycles. The van der Waals surface area contributed by atoms with Gasteiger partial charge in [-0.1, -0.05) is 23.7 Å². The molecule has 0 aliphatic rings. The third-order valence-corrected chi connectivity index (χ3v) is 5.64. The Balaban J connectivity index is 0.00000208. The van der Waals surface area contributed by atoms with Crippen molar-refractivity contribution in [2.75, 3.05) is 5.43 Å². The Bertz CT molecular complexity index is 870. The molecule has 126 valence electrons. The minimum absolute atomic E-state index is 0. The second kappa shape index (κ2) is 8.25. The van der Waals surface area contributed by atoms with Crippen LogP contribution in [-0.2, 0) is 0 Å². The van der Waals surface area contributed by atoms with E-state index in [4.69, 9.17) is 11.6 Å². The Labute approximate surface area is 165 Å². The van der Waals surface area contributed by atoms with Gasteiger partial charge in [-0.3, -0.25) is 5.43 Å². The third-order valence-electron chi connectivity index (χ3n) is 3.56. The van der Waals surface area contributed by atoms with Crippen LogP contribution in [0.1, 0.15) is 22.9 Å². The Morgan fingerprint density at radius 3 is 2.62 bits per heavy atom. The highest BCUT2D eigenvalue weighted by molar-refractivity contribution is 8.93. The molecule has 0 saturated heterocycles. The number of hydrogen-bond acceptors (Lipinski definition) is 5. The number of halogens is 2. The molecular weight excluding hydrogens is 426 g/mol. The minimum atomic E-state index is 0. The zero-order valence-corrected chi connectivity index (χ0v) is 17.6. The van der Waals surface area contributed by atoms with E-state index in [9.17, 15) is 0 Å². The van der Waals surface area contributed by atoms with Crippen molar-refractivity contribution in [3.05, 3.63) is 56.1 Å². The molecule has 0 atom stereocenters. The van der Waals surface area contributed by atoms with E-state index in [1.807, 2.05) is 24.4 Å². The van der Waals surface area contributed by atoms with Crippen LogP contribution in [0.2, 0.25) is 4.34 Å². The van der Waals surface area contributed by atoms with E-state index in [2.05, 4.69) is 47.6 Å². The zero-order valence-electron chi connectivity index (χ0n) is 13.5. The third kappa shape index (κ3) is 4.45. The molecule has 24 heavy (non-hydrogen) atoms. The van der Waals surface area contributed by atoms with E-state index in [1.165, 1.54) is 22.5 Å². The van der Waals surface area contributed by atoms with Crippen LogP contribution in [0.4, 0.5) is 5.13 Å². The zero-order chi connectivity index (χ0) is 16.4. The van der Waals surface area contributed by atoms with E-state index in [0.717, 1.165) is 31.3 Å².